The third-order valence-corrected chi connectivity index (χ3v) is 2.56. The fraction of sp³-hybridized carbons (Fsp3) is 0.462. The molecule has 0 radical (unpaired) electrons. The van der Waals surface area contributed by atoms with Crippen LogP contribution in [0.5, 0.6) is 5.75 Å². The average molecular weight is 254 g/mol. The maximum absolute atomic E-state index is 13.4. The number of amides is 1. The van der Waals surface area contributed by atoms with Crippen LogP contribution in [0.2, 0.25) is 0 Å². The first kappa shape index (κ1) is 14.4. The molecule has 0 saturated carbocycles. The minimum atomic E-state index is -0.374. The lowest BCUT2D eigenvalue weighted by Crippen LogP contribution is -2.26. The minimum Gasteiger partial charge on any atom is -0.494 e. The fourth-order valence-corrected chi connectivity index (χ4v) is 1.47. The van der Waals surface area contributed by atoms with Crippen LogP contribution in [0.25, 0.3) is 0 Å². The molecule has 0 aliphatic rings. The van der Waals surface area contributed by atoms with Gasteiger partial charge in [0.25, 0.3) is 0 Å². The van der Waals surface area contributed by atoms with Crippen LogP contribution in [0.15, 0.2) is 18.2 Å². The molecule has 0 aromatic heterocycles. The molecule has 0 aliphatic carbocycles. The molecular formula is C13H19FN2O2. The summed E-state index contributed by atoms with van der Waals surface area (Å²) in [5.41, 5.74) is 0.825. The Labute approximate surface area is 107 Å². The number of ether oxygens (including phenoxy) is 1. The lowest BCUT2D eigenvalue weighted by Gasteiger charge is -2.10. The van der Waals surface area contributed by atoms with Gasteiger partial charge in [-0.15, -0.1) is 0 Å². The zero-order chi connectivity index (χ0) is 13.5. The normalized spacial score (nSPS) is 10.2. The molecule has 0 fully saturated rings. The third-order valence-electron chi connectivity index (χ3n) is 2.56. The lowest BCUT2D eigenvalue weighted by atomic mass is 10.2. The van der Waals surface area contributed by atoms with E-state index >= 15 is 0 Å². The Balaban J connectivity index is 2.36. The summed E-state index contributed by atoms with van der Waals surface area (Å²) in [7, 11) is 4.88. The monoisotopic (exact) mass is 254 g/mol. The number of benzene rings is 1. The van der Waals surface area contributed by atoms with Crippen molar-refractivity contribution in [1.29, 1.82) is 0 Å². The van der Waals surface area contributed by atoms with E-state index < -0.39 is 0 Å². The van der Waals surface area contributed by atoms with Gasteiger partial charge in [-0.05, 0) is 17.7 Å². The zero-order valence-corrected chi connectivity index (χ0v) is 11.0. The van der Waals surface area contributed by atoms with Gasteiger partial charge in [-0.25, -0.2) is 4.39 Å². The van der Waals surface area contributed by atoms with Crippen LogP contribution >= 0.6 is 0 Å². The predicted octanol–water partition coefficient (Wildman–Crippen LogP) is 1.40. The highest BCUT2D eigenvalue weighted by Gasteiger charge is 2.05. The van der Waals surface area contributed by atoms with Gasteiger partial charge in [-0.2, -0.15) is 0 Å². The average Bonchev–Trinajstić information content (AvgIpc) is 2.34. The number of hydrogen-bond donors (Lipinski definition) is 1. The number of hydrogen-bond acceptors (Lipinski definition) is 3. The first-order chi connectivity index (χ1) is 8.54. The van der Waals surface area contributed by atoms with E-state index in [1.165, 1.54) is 13.2 Å². The summed E-state index contributed by atoms with van der Waals surface area (Å²) in [4.78, 5) is 12.9. The number of halogens is 1. The van der Waals surface area contributed by atoms with Gasteiger partial charge in [0.15, 0.2) is 11.6 Å². The largest absolute Gasteiger partial charge is 0.494 e. The van der Waals surface area contributed by atoms with Gasteiger partial charge in [0.2, 0.25) is 5.91 Å². The Bertz CT molecular complexity index is 408. The summed E-state index contributed by atoms with van der Waals surface area (Å²) in [6, 6.07) is 4.82. The molecule has 1 amide bonds. The van der Waals surface area contributed by atoms with E-state index in [9.17, 15) is 9.18 Å². The smallest absolute Gasteiger partial charge is 0.223 e. The van der Waals surface area contributed by atoms with E-state index in [1.807, 2.05) is 0 Å². The highest BCUT2D eigenvalue weighted by molar-refractivity contribution is 5.75. The number of nitrogens with one attached hydrogen (secondary N) is 1. The molecule has 1 rings (SSSR count). The van der Waals surface area contributed by atoms with Crippen LogP contribution in [0.4, 0.5) is 4.39 Å². The minimum absolute atomic E-state index is 0.0726. The molecule has 0 saturated heterocycles. The molecule has 4 nitrogen and oxygen atoms in total. The molecule has 0 unspecified atom stereocenters. The molecule has 1 N–H and O–H groups in total. The number of carbonyl (C=O) groups excluding carboxylic acids is 1. The number of rotatable bonds is 6. The maximum atomic E-state index is 13.4. The number of methoxy groups -OCH3 is 1. The first-order valence-corrected chi connectivity index (χ1v) is 5.78. The van der Waals surface area contributed by atoms with Gasteiger partial charge in [0.1, 0.15) is 0 Å². The van der Waals surface area contributed by atoms with Crippen LogP contribution in [0.3, 0.4) is 0 Å². The Hall–Kier alpha value is -1.62. The SMILES string of the molecule is COc1ccc(CNCCC(=O)N(C)C)cc1F. The summed E-state index contributed by atoms with van der Waals surface area (Å²) in [5.74, 6) is -0.0638. The molecule has 0 aliphatic heterocycles. The van der Waals surface area contributed by atoms with E-state index in [1.54, 1.807) is 31.1 Å². The van der Waals surface area contributed by atoms with Crippen molar-refractivity contribution < 1.29 is 13.9 Å². The van der Waals surface area contributed by atoms with Crippen LogP contribution in [-0.2, 0) is 11.3 Å². The van der Waals surface area contributed by atoms with E-state index in [-0.39, 0.29) is 17.5 Å². The first-order valence-electron chi connectivity index (χ1n) is 5.78. The summed E-state index contributed by atoms with van der Waals surface area (Å²) in [6.45, 7) is 1.10. The second-order valence-corrected chi connectivity index (χ2v) is 4.18. The van der Waals surface area contributed by atoms with Crippen molar-refractivity contribution in [3.63, 3.8) is 0 Å². The standard InChI is InChI=1S/C13H19FN2O2/c1-16(2)13(17)6-7-15-9-10-4-5-12(18-3)11(14)8-10/h4-5,8,15H,6-7,9H2,1-3H3. The van der Waals surface area contributed by atoms with Gasteiger partial charge in [-0.1, -0.05) is 6.07 Å². The Morgan fingerprint density at radius 2 is 2.17 bits per heavy atom. The second kappa shape index (κ2) is 6.96. The Kier molecular flexibility index (Phi) is 5.58. The van der Waals surface area contributed by atoms with Gasteiger partial charge in [-0.3, -0.25) is 4.79 Å². The van der Waals surface area contributed by atoms with Crippen molar-refractivity contribution in [3.8, 4) is 5.75 Å². The molecular weight excluding hydrogens is 235 g/mol. The van der Waals surface area contributed by atoms with Gasteiger partial charge < -0.3 is 15.0 Å². The van der Waals surface area contributed by atoms with Crippen molar-refractivity contribution in [2.24, 2.45) is 0 Å². The predicted molar refractivity (Wildman–Crippen MR) is 68.0 cm³/mol. The molecule has 0 atom stereocenters. The second-order valence-electron chi connectivity index (χ2n) is 4.18. The highest BCUT2D eigenvalue weighted by Crippen LogP contribution is 2.17. The van der Waals surface area contributed by atoms with E-state index in [0.717, 1.165) is 5.56 Å². The fourth-order valence-electron chi connectivity index (χ4n) is 1.47. The Morgan fingerprint density at radius 3 is 2.72 bits per heavy atom. The van der Waals surface area contributed by atoms with E-state index in [2.05, 4.69) is 5.32 Å². The van der Waals surface area contributed by atoms with Gasteiger partial charge in [0.05, 0.1) is 7.11 Å². The van der Waals surface area contributed by atoms with Crippen molar-refractivity contribution in [2.75, 3.05) is 27.7 Å². The van der Waals surface area contributed by atoms with E-state index in [4.69, 9.17) is 4.74 Å². The number of carbonyl (C=O) groups is 1. The molecule has 18 heavy (non-hydrogen) atoms. The summed E-state index contributed by atoms with van der Waals surface area (Å²) < 4.78 is 18.2. The van der Waals surface area contributed by atoms with Crippen LogP contribution < -0.4 is 10.1 Å². The molecule has 0 bridgehead atoms. The molecule has 0 spiro atoms. The lowest BCUT2D eigenvalue weighted by molar-refractivity contribution is -0.128. The quantitative estimate of drug-likeness (QED) is 0.780. The van der Waals surface area contributed by atoms with Crippen molar-refractivity contribution in [2.45, 2.75) is 13.0 Å². The molecule has 1 aromatic carbocycles. The van der Waals surface area contributed by atoms with Crippen molar-refractivity contribution in [3.05, 3.63) is 29.6 Å². The highest BCUT2D eigenvalue weighted by atomic mass is 19.1. The topological polar surface area (TPSA) is 41.6 Å². The molecule has 0 heterocycles. The maximum Gasteiger partial charge on any atom is 0.223 e. The summed E-state index contributed by atoms with van der Waals surface area (Å²) >= 11 is 0. The molecule has 5 heteroatoms. The summed E-state index contributed by atoms with van der Waals surface area (Å²) in [5, 5.41) is 3.10. The van der Waals surface area contributed by atoms with E-state index in [0.29, 0.717) is 19.5 Å². The van der Waals surface area contributed by atoms with Crippen molar-refractivity contribution in [1.82, 2.24) is 10.2 Å². The molecule has 100 valence electrons. The third kappa shape index (κ3) is 4.33. The van der Waals surface area contributed by atoms with Crippen LogP contribution in [-0.4, -0.2) is 38.6 Å². The molecule has 1 aromatic rings. The van der Waals surface area contributed by atoms with Crippen LogP contribution in [0, 0.1) is 5.82 Å². The van der Waals surface area contributed by atoms with Gasteiger partial charge >= 0.3 is 0 Å². The Morgan fingerprint density at radius 1 is 1.44 bits per heavy atom. The van der Waals surface area contributed by atoms with Gasteiger partial charge in [0, 0.05) is 33.6 Å². The summed E-state index contributed by atoms with van der Waals surface area (Å²) in [6.07, 6.45) is 0.436. The van der Waals surface area contributed by atoms with Crippen LogP contribution in [0.1, 0.15) is 12.0 Å². The zero-order valence-electron chi connectivity index (χ0n) is 11.0. The van der Waals surface area contributed by atoms with Crippen molar-refractivity contribution >= 4 is 5.91 Å². The number of nitrogens with zero attached hydrogens (tertiary/aromatic N) is 1.